The normalized spacial score (nSPS) is 14.7. The van der Waals surface area contributed by atoms with Crippen molar-refractivity contribution in [1.82, 2.24) is 4.98 Å². The third-order valence-electron chi connectivity index (χ3n) is 5.42. The highest BCUT2D eigenvalue weighted by Crippen LogP contribution is 2.38. The second-order valence-electron chi connectivity index (χ2n) is 7.32. The highest BCUT2D eigenvalue weighted by atomic mass is 16.5. The largest absolute Gasteiger partial charge is 0.497 e. The summed E-state index contributed by atoms with van der Waals surface area (Å²) in [5.74, 6) is 2.12. The fourth-order valence-electron chi connectivity index (χ4n) is 3.68. The van der Waals surface area contributed by atoms with Gasteiger partial charge in [-0.25, -0.2) is 0 Å². The molecule has 28 heavy (non-hydrogen) atoms. The lowest BCUT2D eigenvalue weighted by Gasteiger charge is -2.29. The van der Waals surface area contributed by atoms with E-state index in [1.54, 1.807) is 7.11 Å². The van der Waals surface area contributed by atoms with Gasteiger partial charge in [0, 0.05) is 28.7 Å². The molecule has 1 saturated carbocycles. The number of H-pyrrole nitrogens is 1. The van der Waals surface area contributed by atoms with Crippen LogP contribution in [0, 0.1) is 5.92 Å². The number of aromatic nitrogens is 1. The first-order chi connectivity index (χ1) is 13.6. The molecule has 0 bridgehead atoms. The van der Waals surface area contributed by atoms with Crippen molar-refractivity contribution in [2.24, 2.45) is 5.92 Å². The monoisotopic (exact) mass is 378 g/mol. The second-order valence-corrected chi connectivity index (χ2v) is 7.32. The molecule has 1 N–H and O–H groups in total. The van der Waals surface area contributed by atoms with Crippen molar-refractivity contribution in [3.05, 3.63) is 54.2 Å². The summed E-state index contributed by atoms with van der Waals surface area (Å²) in [5.41, 5.74) is 2.38. The zero-order valence-electron chi connectivity index (χ0n) is 16.6. The molecule has 146 valence electrons. The van der Waals surface area contributed by atoms with E-state index in [-0.39, 0.29) is 11.9 Å². The predicted octanol–water partition coefficient (Wildman–Crippen LogP) is 5.02. The standard InChI is InChI=1S/C23H26N2O3/c1-4-28-20-10-7-17-13-22(24-21(17)14-20)23(26)25(15(2)16-5-6-16)18-8-11-19(27-3)12-9-18/h7-16,24H,4-6H2,1-3H3. The number of hydrogen-bond donors (Lipinski definition) is 1. The van der Waals surface area contributed by atoms with Gasteiger partial charge in [-0.15, -0.1) is 0 Å². The number of benzene rings is 2. The third kappa shape index (κ3) is 3.57. The van der Waals surface area contributed by atoms with Crippen LogP contribution in [0.25, 0.3) is 10.9 Å². The Balaban J connectivity index is 1.68. The molecule has 1 heterocycles. The van der Waals surface area contributed by atoms with E-state index in [2.05, 4.69) is 11.9 Å². The quantitative estimate of drug-likeness (QED) is 0.628. The van der Waals surface area contributed by atoms with Crippen LogP contribution >= 0.6 is 0 Å². The van der Waals surface area contributed by atoms with Gasteiger partial charge in [0.2, 0.25) is 0 Å². The number of carbonyl (C=O) groups is 1. The van der Waals surface area contributed by atoms with E-state index in [1.807, 2.05) is 60.4 Å². The van der Waals surface area contributed by atoms with Gasteiger partial charge in [0.05, 0.1) is 13.7 Å². The maximum absolute atomic E-state index is 13.5. The molecular weight excluding hydrogens is 352 g/mol. The molecule has 5 heteroatoms. The lowest BCUT2D eigenvalue weighted by atomic mass is 10.1. The van der Waals surface area contributed by atoms with Crippen LogP contribution in [0.3, 0.4) is 0 Å². The van der Waals surface area contributed by atoms with Gasteiger partial charge in [-0.3, -0.25) is 4.79 Å². The van der Waals surface area contributed by atoms with Crippen molar-refractivity contribution in [3.63, 3.8) is 0 Å². The Bertz CT molecular complexity index is 973. The van der Waals surface area contributed by atoms with Gasteiger partial charge in [0.15, 0.2) is 0 Å². The van der Waals surface area contributed by atoms with Crippen LogP contribution in [0.5, 0.6) is 11.5 Å². The molecule has 1 aliphatic carbocycles. The van der Waals surface area contributed by atoms with E-state index in [4.69, 9.17) is 9.47 Å². The topological polar surface area (TPSA) is 54.6 Å². The average molecular weight is 378 g/mol. The van der Waals surface area contributed by atoms with Gasteiger partial charge in [-0.05, 0) is 75.1 Å². The van der Waals surface area contributed by atoms with Crippen LogP contribution in [0.15, 0.2) is 48.5 Å². The highest BCUT2D eigenvalue weighted by Gasteiger charge is 2.36. The Morgan fingerprint density at radius 1 is 1.14 bits per heavy atom. The van der Waals surface area contributed by atoms with Gasteiger partial charge in [0.25, 0.3) is 5.91 Å². The summed E-state index contributed by atoms with van der Waals surface area (Å²) in [5, 5.41) is 1.00. The number of rotatable bonds is 7. The summed E-state index contributed by atoms with van der Waals surface area (Å²) in [6.45, 7) is 4.71. The molecule has 5 nitrogen and oxygen atoms in total. The molecule has 1 atom stereocenters. The van der Waals surface area contributed by atoms with E-state index < -0.39 is 0 Å². The van der Waals surface area contributed by atoms with Crippen LogP contribution in [-0.2, 0) is 0 Å². The molecule has 1 amide bonds. The Hall–Kier alpha value is -2.95. The Morgan fingerprint density at radius 2 is 1.86 bits per heavy atom. The van der Waals surface area contributed by atoms with Crippen LogP contribution in [0.2, 0.25) is 0 Å². The van der Waals surface area contributed by atoms with Crippen LogP contribution in [0.1, 0.15) is 37.2 Å². The van der Waals surface area contributed by atoms with Gasteiger partial charge in [-0.2, -0.15) is 0 Å². The number of nitrogens with zero attached hydrogens (tertiary/aromatic N) is 1. The molecule has 3 aromatic rings. The van der Waals surface area contributed by atoms with E-state index in [1.165, 1.54) is 12.8 Å². The first-order valence-electron chi connectivity index (χ1n) is 9.84. The van der Waals surface area contributed by atoms with Gasteiger partial charge in [0.1, 0.15) is 17.2 Å². The van der Waals surface area contributed by atoms with Gasteiger partial charge >= 0.3 is 0 Å². The second kappa shape index (κ2) is 7.58. The number of nitrogens with one attached hydrogen (secondary N) is 1. The fourth-order valence-corrected chi connectivity index (χ4v) is 3.68. The molecule has 0 radical (unpaired) electrons. The van der Waals surface area contributed by atoms with Crippen molar-refractivity contribution in [2.75, 3.05) is 18.6 Å². The van der Waals surface area contributed by atoms with Crippen LogP contribution in [-0.4, -0.2) is 30.6 Å². The number of anilines is 1. The average Bonchev–Trinajstić information content (AvgIpc) is 3.48. The predicted molar refractivity (Wildman–Crippen MR) is 111 cm³/mol. The number of ether oxygens (including phenoxy) is 2. The molecule has 2 aromatic carbocycles. The molecule has 0 aliphatic heterocycles. The van der Waals surface area contributed by atoms with Crippen molar-refractivity contribution < 1.29 is 14.3 Å². The van der Waals surface area contributed by atoms with Crippen LogP contribution < -0.4 is 14.4 Å². The molecule has 1 aromatic heterocycles. The minimum atomic E-state index is -0.0151. The lowest BCUT2D eigenvalue weighted by molar-refractivity contribution is 0.0971. The van der Waals surface area contributed by atoms with E-state index in [0.29, 0.717) is 18.2 Å². The third-order valence-corrected chi connectivity index (χ3v) is 5.42. The van der Waals surface area contributed by atoms with Crippen molar-refractivity contribution in [1.29, 1.82) is 0 Å². The van der Waals surface area contributed by atoms with E-state index >= 15 is 0 Å². The number of carbonyl (C=O) groups excluding carboxylic acids is 1. The first kappa shape index (κ1) is 18.4. The molecule has 0 spiro atoms. The summed E-state index contributed by atoms with van der Waals surface area (Å²) in [6, 6.07) is 15.6. The molecule has 1 aliphatic rings. The van der Waals surface area contributed by atoms with Gasteiger partial charge < -0.3 is 19.4 Å². The van der Waals surface area contributed by atoms with Crippen molar-refractivity contribution >= 4 is 22.5 Å². The molecular formula is C23H26N2O3. The molecule has 4 rings (SSSR count). The fraction of sp³-hybridized carbons (Fsp3) is 0.348. The summed E-state index contributed by atoms with van der Waals surface area (Å²) >= 11 is 0. The minimum Gasteiger partial charge on any atom is -0.497 e. The summed E-state index contributed by atoms with van der Waals surface area (Å²) < 4.78 is 10.8. The molecule has 1 unspecified atom stereocenters. The maximum Gasteiger partial charge on any atom is 0.274 e. The summed E-state index contributed by atoms with van der Waals surface area (Å²) in [7, 11) is 1.64. The highest BCUT2D eigenvalue weighted by molar-refractivity contribution is 6.08. The van der Waals surface area contributed by atoms with E-state index in [9.17, 15) is 4.79 Å². The van der Waals surface area contributed by atoms with Crippen molar-refractivity contribution in [3.8, 4) is 11.5 Å². The smallest absolute Gasteiger partial charge is 0.274 e. The zero-order chi connectivity index (χ0) is 19.7. The lowest BCUT2D eigenvalue weighted by Crippen LogP contribution is -2.40. The van der Waals surface area contributed by atoms with Crippen LogP contribution in [0.4, 0.5) is 5.69 Å². The number of aromatic amines is 1. The van der Waals surface area contributed by atoms with Crippen molar-refractivity contribution in [2.45, 2.75) is 32.7 Å². The number of methoxy groups -OCH3 is 1. The summed E-state index contributed by atoms with van der Waals surface area (Å²) in [4.78, 5) is 18.7. The minimum absolute atomic E-state index is 0.0151. The maximum atomic E-state index is 13.5. The SMILES string of the molecule is CCOc1ccc2cc(C(=O)N(c3ccc(OC)cc3)C(C)C3CC3)[nH]c2c1. The number of fused-ring (bicyclic) bond motifs is 1. The Morgan fingerprint density at radius 3 is 2.50 bits per heavy atom. The zero-order valence-corrected chi connectivity index (χ0v) is 16.6. The number of hydrogen-bond acceptors (Lipinski definition) is 3. The first-order valence-corrected chi connectivity index (χ1v) is 9.84. The Kier molecular flexibility index (Phi) is 4.99. The van der Waals surface area contributed by atoms with Gasteiger partial charge in [-0.1, -0.05) is 0 Å². The van der Waals surface area contributed by atoms with E-state index in [0.717, 1.165) is 28.1 Å². The molecule has 0 saturated heterocycles. The summed E-state index contributed by atoms with van der Waals surface area (Å²) in [6.07, 6.45) is 2.34. The Labute approximate surface area is 165 Å². The number of amides is 1. The molecule has 1 fully saturated rings.